The molecule has 9 heteroatoms. The van der Waals surface area contributed by atoms with Crippen molar-refractivity contribution in [3.05, 3.63) is 42.2 Å². The highest BCUT2D eigenvalue weighted by Gasteiger charge is 2.26. The molecule has 1 aromatic heterocycles. The second kappa shape index (κ2) is 10.6. The molecule has 0 saturated carbocycles. The summed E-state index contributed by atoms with van der Waals surface area (Å²) in [6.45, 7) is 2.93. The number of hydrogen-bond acceptors (Lipinski definition) is 7. The quantitative estimate of drug-likeness (QED) is 0.655. The molecule has 166 valence electrons. The van der Waals surface area contributed by atoms with Crippen LogP contribution < -0.4 is 25.0 Å². The molecule has 2 aromatic rings. The number of methoxy groups -OCH3 is 2. The number of ether oxygens (including phenoxy) is 2. The molecule has 1 saturated heterocycles. The van der Waals surface area contributed by atoms with E-state index in [0.717, 1.165) is 31.5 Å². The van der Waals surface area contributed by atoms with E-state index in [1.165, 1.54) is 6.92 Å². The van der Waals surface area contributed by atoms with Crippen molar-refractivity contribution in [2.45, 2.75) is 38.3 Å². The van der Waals surface area contributed by atoms with Gasteiger partial charge in [0.15, 0.2) is 11.5 Å². The van der Waals surface area contributed by atoms with Crippen molar-refractivity contribution < 1.29 is 19.1 Å². The van der Waals surface area contributed by atoms with Crippen LogP contribution in [0.15, 0.2) is 36.7 Å². The minimum Gasteiger partial charge on any atom is -0.493 e. The number of rotatable bonds is 8. The molecule has 1 unspecified atom stereocenters. The molecule has 9 nitrogen and oxygen atoms in total. The summed E-state index contributed by atoms with van der Waals surface area (Å²) in [5.74, 6) is 1.45. The number of hydrogen-bond donors (Lipinski definition) is 2. The van der Waals surface area contributed by atoms with Gasteiger partial charge in [-0.05, 0) is 36.6 Å². The Labute approximate surface area is 182 Å². The Bertz CT molecular complexity index is 885. The predicted octanol–water partition coefficient (Wildman–Crippen LogP) is 1.33. The maximum absolute atomic E-state index is 13.0. The third-order valence-corrected chi connectivity index (χ3v) is 5.26. The van der Waals surface area contributed by atoms with Gasteiger partial charge in [-0.3, -0.25) is 9.59 Å². The summed E-state index contributed by atoms with van der Waals surface area (Å²) in [6, 6.07) is 6.62. The Morgan fingerprint density at radius 1 is 1.13 bits per heavy atom. The van der Waals surface area contributed by atoms with Crippen molar-refractivity contribution in [1.29, 1.82) is 0 Å². The number of benzene rings is 1. The van der Waals surface area contributed by atoms with E-state index in [1.807, 2.05) is 12.1 Å². The lowest BCUT2D eigenvalue weighted by molar-refractivity contribution is -0.128. The maximum Gasteiger partial charge on any atom is 0.243 e. The minimum atomic E-state index is -0.675. The van der Waals surface area contributed by atoms with Crippen LogP contribution >= 0.6 is 0 Å². The van der Waals surface area contributed by atoms with Crippen molar-refractivity contribution in [1.82, 2.24) is 20.6 Å². The molecule has 1 aromatic carbocycles. The molecular weight excluding hydrogens is 398 g/mol. The SMILES string of the molecule is COc1ccc(CC(NC(C)=O)C(=O)NC2CCN(c3ncccn3)CC2)cc1OC. The number of nitrogens with one attached hydrogen (secondary N) is 2. The third kappa shape index (κ3) is 6.07. The van der Waals surface area contributed by atoms with E-state index in [-0.39, 0.29) is 17.9 Å². The van der Waals surface area contributed by atoms with E-state index in [9.17, 15) is 9.59 Å². The Morgan fingerprint density at radius 3 is 2.42 bits per heavy atom. The monoisotopic (exact) mass is 427 g/mol. The molecule has 2 amide bonds. The summed E-state index contributed by atoms with van der Waals surface area (Å²) in [6.07, 6.45) is 5.37. The molecule has 1 fully saturated rings. The second-order valence-corrected chi connectivity index (χ2v) is 7.47. The van der Waals surface area contributed by atoms with Gasteiger partial charge in [-0.1, -0.05) is 6.07 Å². The molecule has 31 heavy (non-hydrogen) atoms. The zero-order chi connectivity index (χ0) is 22.2. The van der Waals surface area contributed by atoms with E-state index < -0.39 is 6.04 Å². The lowest BCUT2D eigenvalue weighted by Crippen LogP contribution is -2.52. The maximum atomic E-state index is 13.0. The highest BCUT2D eigenvalue weighted by Crippen LogP contribution is 2.28. The summed E-state index contributed by atoms with van der Waals surface area (Å²) in [5.41, 5.74) is 0.864. The van der Waals surface area contributed by atoms with Crippen molar-refractivity contribution in [3.8, 4) is 11.5 Å². The van der Waals surface area contributed by atoms with Crippen LogP contribution in [-0.2, 0) is 16.0 Å². The first-order valence-electron chi connectivity index (χ1n) is 10.3. The fraction of sp³-hybridized carbons (Fsp3) is 0.455. The molecule has 0 bridgehead atoms. The van der Waals surface area contributed by atoms with E-state index in [4.69, 9.17) is 9.47 Å². The van der Waals surface area contributed by atoms with Gasteiger partial charge in [-0.15, -0.1) is 0 Å². The topological polar surface area (TPSA) is 106 Å². The first-order valence-corrected chi connectivity index (χ1v) is 10.3. The van der Waals surface area contributed by atoms with Gasteiger partial charge < -0.3 is 25.0 Å². The molecule has 2 N–H and O–H groups in total. The predicted molar refractivity (Wildman–Crippen MR) is 116 cm³/mol. The third-order valence-electron chi connectivity index (χ3n) is 5.26. The number of piperidine rings is 1. The van der Waals surface area contributed by atoms with Crippen LogP contribution in [0.2, 0.25) is 0 Å². The summed E-state index contributed by atoms with van der Waals surface area (Å²) in [4.78, 5) is 35.3. The number of anilines is 1. The average Bonchev–Trinajstić information content (AvgIpc) is 2.79. The Kier molecular flexibility index (Phi) is 7.64. The number of carbonyl (C=O) groups is 2. The van der Waals surface area contributed by atoms with Gasteiger partial charge in [0, 0.05) is 44.9 Å². The summed E-state index contributed by atoms with van der Waals surface area (Å²) >= 11 is 0. The zero-order valence-electron chi connectivity index (χ0n) is 18.1. The van der Waals surface area contributed by atoms with E-state index in [1.54, 1.807) is 38.7 Å². The number of amides is 2. The lowest BCUT2D eigenvalue weighted by atomic mass is 10.0. The van der Waals surface area contributed by atoms with Crippen molar-refractivity contribution >= 4 is 17.8 Å². The molecular formula is C22H29N5O4. The fourth-order valence-electron chi connectivity index (χ4n) is 3.68. The smallest absolute Gasteiger partial charge is 0.243 e. The summed E-state index contributed by atoms with van der Waals surface area (Å²) in [7, 11) is 3.13. The van der Waals surface area contributed by atoms with Crippen molar-refractivity contribution in [3.63, 3.8) is 0 Å². The Balaban J connectivity index is 1.61. The molecule has 2 heterocycles. The number of nitrogens with zero attached hydrogens (tertiary/aromatic N) is 3. The molecule has 0 aliphatic carbocycles. The van der Waals surface area contributed by atoms with Gasteiger partial charge in [-0.2, -0.15) is 0 Å². The second-order valence-electron chi connectivity index (χ2n) is 7.47. The van der Waals surface area contributed by atoms with Crippen LogP contribution in [0.4, 0.5) is 5.95 Å². The molecule has 0 radical (unpaired) electrons. The van der Waals surface area contributed by atoms with Crippen LogP contribution in [0.1, 0.15) is 25.3 Å². The van der Waals surface area contributed by atoms with Crippen LogP contribution in [0.25, 0.3) is 0 Å². The molecule has 1 atom stereocenters. The molecule has 1 aliphatic rings. The normalized spacial score (nSPS) is 15.1. The highest BCUT2D eigenvalue weighted by molar-refractivity contribution is 5.87. The molecule has 1 aliphatic heterocycles. The molecule has 3 rings (SSSR count). The number of aromatic nitrogens is 2. The van der Waals surface area contributed by atoms with Crippen LogP contribution in [0.3, 0.4) is 0 Å². The largest absolute Gasteiger partial charge is 0.493 e. The van der Waals surface area contributed by atoms with Gasteiger partial charge in [0.1, 0.15) is 6.04 Å². The van der Waals surface area contributed by atoms with Crippen molar-refractivity contribution in [2.75, 3.05) is 32.2 Å². The molecule has 0 spiro atoms. The van der Waals surface area contributed by atoms with Crippen LogP contribution in [-0.4, -0.2) is 61.2 Å². The van der Waals surface area contributed by atoms with Gasteiger partial charge in [-0.25, -0.2) is 9.97 Å². The number of carbonyl (C=O) groups excluding carboxylic acids is 2. The van der Waals surface area contributed by atoms with E-state index >= 15 is 0 Å². The first-order chi connectivity index (χ1) is 15.0. The summed E-state index contributed by atoms with van der Waals surface area (Å²) < 4.78 is 10.6. The Morgan fingerprint density at radius 2 is 1.81 bits per heavy atom. The van der Waals surface area contributed by atoms with Gasteiger partial charge in [0.25, 0.3) is 0 Å². The summed E-state index contributed by atoms with van der Waals surface area (Å²) in [5, 5.41) is 5.86. The average molecular weight is 428 g/mol. The highest BCUT2D eigenvalue weighted by atomic mass is 16.5. The zero-order valence-corrected chi connectivity index (χ0v) is 18.1. The van der Waals surface area contributed by atoms with Crippen LogP contribution in [0.5, 0.6) is 11.5 Å². The van der Waals surface area contributed by atoms with E-state index in [0.29, 0.717) is 23.9 Å². The fourth-order valence-corrected chi connectivity index (χ4v) is 3.68. The van der Waals surface area contributed by atoms with E-state index in [2.05, 4.69) is 25.5 Å². The van der Waals surface area contributed by atoms with Crippen LogP contribution in [0, 0.1) is 0 Å². The first kappa shape index (κ1) is 22.3. The van der Waals surface area contributed by atoms with Gasteiger partial charge >= 0.3 is 0 Å². The Hall–Kier alpha value is -3.36. The van der Waals surface area contributed by atoms with Gasteiger partial charge in [0.2, 0.25) is 17.8 Å². The van der Waals surface area contributed by atoms with Crippen molar-refractivity contribution in [2.24, 2.45) is 0 Å². The minimum absolute atomic E-state index is 0.0362. The lowest BCUT2D eigenvalue weighted by Gasteiger charge is -2.33. The van der Waals surface area contributed by atoms with Gasteiger partial charge in [0.05, 0.1) is 14.2 Å². The standard InChI is InChI=1S/C22H29N5O4/c1-15(28)25-18(13-16-5-6-19(30-2)20(14-16)31-3)21(29)26-17-7-11-27(12-8-17)22-23-9-4-10-24-22/h4-6,9-10,14,17-18H,7-8,11-13H2,1-3H3,(H,25,28)(H,26,29).